The molecule has 0 radical (unpaired) electrons. The lowest BCUT2D eigenvalue weighted by Crippen LogP contribution is -2.09. The van der Waals surface area contributed by atoms with Crippen molar-refractivity contribution in [1.29, 1.82) is 0 Å². The molecule has 0 amide bonds. The quantitative estimate of drug-likeness (QED) is 0.709. The van der Waals surface area contributed by atoms with Gasteiger partial charge in [-0.15, -0.1) is 0 Å². The Morgan fingerprint density at radius 3 is 3.00 bits per heavy atom. The topological polar surface area (TPSA) is 55.6 Å². The highest BCUT2D eigenvalue weighted by Crippen LogP contribution is 2.11. The predicted molar refractivity (Wildman–Crippen MR) is 74.9 cm³/mol. The number of fused-ring (bicyclic) bond motifs is 1. The number of aromatic nitrogens is 4. The van der Waals surface area contributed by atoms with Crippen molar-refractivity contribution in [2.45, 2.75) is 13.0 Å². The minimum absolute atomic E-state index is 0.680. The Labute approximate surface area is 111 Å². The Morgan fingerprint density at radius 1 is 1.16 bits per heavy atom. The van der Waals surface area contributed by atoms with Crippen LogP contribution < -0.4 is 5.32 Å². The number of nitrogens with zero attached hydrogens (tertiary/aromatic N) is 4. The number of rotatable bonds is 5. The third-order valence-electron chi connectivity index (χ3n) is 2.90. The van der Waals surface area contributed by atoms with Crippen LogP contribution in [0.15, 0.2) is 48.9 Å². The van der Waals surface area contributed by atoms with Crippen LogP contribution in [0, 0.1) is 0 Å². The van der Waals surface area contributed by atoms with Gasteiger partial charge >= 0.3 is 0 Å². The average molecular weight is 253 g/mol. The molecule has 0 aliphatic heterocycles. The molecule has 0 spiro atoms. The van der Waals surface area contributed by atoms with E-state index in [9.17, 15) is 0 Å². The SMILES string of the molecule is c1ccc2nc(NCCCn3cccn3)ncc2c1. The molecular weight excluding hydrogens is 238 g/mol. The number of anilines is 1. The second-order valence-electron chi connectivity index (χ2n) is 4.30. The van der Waals surface area contributed by atoms with E-state index in [1.807, 2.05) is 47.4 Å². The standard InChI is InChI=1S/C14H15N5/c1-2-6-13-12(5-1)11-16-14(18-13)15-7-3-9-19-10-4-8-17-19/h1-2,4-6,8,10-11H,3,7,9H2,(H,15,16,18). The largest absolute Gasteiger partial charge is 0.354 e. The summed E-state index contributed by atoms with van der Waals surface area (Å²) in [6, 6.07) is 9.91. The summed E-state index contributed by atoms with van der Waals surface area (Å²) in [4.78, 5) is 8.76. The van der Waals surface area contributed by atoms with E-state index in [4.69, 9.17) is 0 Å². The predicted octanol–water partition coefficient (Wildman–Crippen LogP) is 2.33. The van der Waals surface area contributed by atoms with E-state index in [-0.39, 0.29) is 0 Å². The van der Waals surface area contributed by atoms with Crippen LogP contribution in [0.2, 0.25) is 0 Å². The van der Waals surface area contributed by atoms with Crippen LogP contribution in [-0.2, 0) is 6.54 Å². The molecule has 0 atom stereocenters. The zero-order valence-corrected chi connectivity index (χ0v) is 10.5. The van der Waals surface area contributed by atoms with E-state index in [2.05, 4.69) is 20.4 Å². The average Bonchev–Trinajstić information content (AvgIpc) is 2.97. The van der Waals surface area contributed by atoms with Gasteiger partial charge in [-0.25, -0.2) is 9.97 Å². The van der Waals surface area contributed by atoms with E-state index in [0.717, 1.165) is 30.4 Å². The summed E-state index contributed by atoms with van der Waals surface area (Å²) >= 11 is 0. The molecule has 19 heavy (non-hydrogen) atoms. The summed E-state index contributed by atoms with van der Waals surface area (Å²) in [6.07, 6.45) is 6.59. The number of hydrogen-bond acceptors (Lipinski definition) is 4. The lowest BCUT2D eigenvalue weighted by Gasteiger charge is -2.05. The Balaban J connectivity index is 1.56. The fourth-order valence-corrected chi connectivity index (χ4v) is 1.93. The number of hydrogen-bond donors (Lipinski definition) is 1. The summed E-state index contributed by atoms with van der Waals surface area (Å²) in [5, 5.41) is 8.46. The van der Waals surface area contributed by atoms with Gasteiger partial charge in [-0.3, -0.25) is 4.68 Å². The molecule has 3 rings (SSSR count). The molecule has 1 N–H and O–H groups in total. The van der Waals surface area contributed by atoms with Gasteiger partial charge in [0.05, 0.1) is 5.52 Å². The van der Waals surface area contributed by atoms with Gasteiger partial charge in [-0.05, 0) is 18.6 Å². The molecule has 0 saturated heterocycles. The van der Waals surface area contributed by atoms with E-state index in [0.29, 0.717) is 5.95 Å². The third-order valence-corrected chi connectivity index (χ3v) is 2.90. The number of nitrogens with one attached hydrogen (secondary N) is 1. The zero-order chi connectivity index (χ0) is 12.9. The van der Waals surface area contributed by atoms with Gasteiger partial charge in [0.15, 0.2) is 0 Å². The van der Waals surface area contributed by atoms with Gasteiger partial charge in [0.2, 0.25) is 5.95 Å². The molecule has 0 bridgehead atoms. The molecule has 2 heterocycles. The molecule has 3 aromatic rings. The lowest BCUT2D eigenvalue weighted by atomic mass is 10.2. The van der Waals surface area contributed by atoms with Crippen LogP contribution in [0.4, 0.5) is 5.95 Å². The maximum absolute atomic E-state index is 4.47. The maximum Gasteiger partial charge on any atom is 0.223 e. The van der Waals surface area contributed by atoms with E-state index < -0.39 is 0 Å². The van der Waals surface area contributed by atoms with E-state index in [1.54, 1.807) is 6.20 Å². The van der Waals surface area contributed by atoms with Crippen LogP contribution in [0.25, 0.3) is 10.9 Å². The number of aryl methyl sites for hydroxylation is 1. The molecule has 0 unspecified atom stereocenters. The molecule has 0 saturated carbocycles. The number of para-hydroxylation sites is 1. The van der Waals surface area contributed by atoms with Gasteiger partial charge < -0.3 is 5.32 Å². The van der Waals surface area contributed by atoms with Gasteiger partial charge in [0.25, 0.3) is 0 Å². The van der Waals surface area contributed by atoms with E-state index in [1.165, 1.54) is 0 Å². The minimum atomic E-state index is 0.680. The van der Waals surface area contributed by atoms with Crippen LogP contribution in [0.1, 0.15) is 6.42 Å². The molecule has 2 aromatic heterocycles. The summed E-state index contributed by atoms with van der Waals surface area (Å²) < 4.78 is 1.92. The molecule has 0 fully saturated rings. The Morgan fingerprint density at radius 2 is 2.11 bits per heavy atom. The second kappa shape index (κ2) is 5.48. The Kier molecular flexibility index (Phi) is 3.36. The first-order valence-corrected chi connectivity index (χ1v) is 6.35. The molecular formula is C14H15N5. The summed E-state index contributed by atoms with van der Waals surface area (Å²) in [7, 11) is 0. The normalized spacial score (nSPS) is 10.7. The lowest BCUT2D eigenvalue weighted by molar-refractivity contribution is 0.591. The van der Waals surface area contributed by atoms with E-state index >= 15 is 0 Å². The van der Waals surface area contributed by atoms with Crippen molar-refractivity contribution in [3.63, 3.8) is 0 Å². The summed E-state index contributed by atoms with van der Waals surface area (Å²) in [6.45, 7) is 1.73. The fourth-order valence-electron chi connectivity index (χ4n) is 1.93. The van der Waals surface area contributed by atoms with Crippen molar-refractivity contribution in [2.24, 2.45) is 0 Å². The first-order valence-electron chi connectivity index (χ1n) is 6.35. The smallest absolute Gasteiger partial charge is 0.223 e. The van der Waals surface area contributed by atoms with Crippen molar-refractivity contribution in [3.8, 4) is 0 Å². The summed E-state index contributed by atoms with van der Waals surface area (Å²) in [5.74, 6) is 0.680. The highest BCUT2D eigenvalue weighted by atomic mass is 15.3. The van der Waals surface area contributed by atoms with Crippen molar-refractivity contribution in [1.82, 2.24) is 19.7 Å². The first-order chi connectivity index (χ1) is 9.42. The van der Waals surface area contributed by atoms with Crippen LogP contribution >= 0.6 is 0 Å². The molecule has 1 aromatic carbocycles. The first kappa shape index (κ1) is 11.6. The highest BCUT2D eigenvalue weighted by Gasteiger charge is 1.98. The van der Waals surface area contributed by atoms with Crippen molar-refractivity contribution >= 4 is 16.9 Å². The molecule has 0 aliphatic rings. The van der Waals surface area contributed by atoms with Crippen molar-refractivity contribution < 1.29 is 0 Å². The van der Waals surface area contributed by atoms with Crippen molar-refractivity contribution in [3.05, 3.63) is 48.9 Å². The van der Waals surface area contributed by atoms with Gasteiger partial charge in [-0.2, -0.15) is 5.10 Å². The van der Waals surface area contributed by atoms with Crippen LogP contribution in [0.3, 0.4) is 0 Å². The highest BCUT2D eigenvalue weighted by molar-refractivity contribution is 5.78. The Hall–Kier alpha value is -2.43. The fraction of sp³-hybridized carbons (Fsp3) is 0.214. The molecule has 5 nitrogen and oxygen atoms in total. The molecule has 96 valence electrons. The zero-order valence-electron chi connectivity index (χ0n) is 10.5. The minimum Gasteiger partial charge on any atom is -0.354 e. The molecule has 0 aliphatic carbocycles. The third kappa shape index (κ3) is 2.88. The summed E-state index contributed by atoms with van der Waals surface area (Å²) in [5.41, 5.74) is 0.965. The maximum atomic E-state index is 4.47. The second-order valence-corrected chi connectivity index (χ2v) is 4.30. The monoisotopic (exact) mass is 253 g/mol. The van der Waals surface area contributed by atoms with Gasteiger partial charge in [0, 0.05) is 37.1 Å². The van der Waals surface area contributed by atoms with Crippen molar-refractivity contribution in [2.75, 3.05) is 11.9 Å². The van der Waals surface area contributed by atoms with Crippen LogP contribution in [-0.4, -0.2) is 26.3 Å². The van der Waals surface area contributed by atoms with Gasteiger partial charge in [0.1, 0.15) is 0 Å². The Bertz CT molecular complexity index is 648. The molecule has 5 heteroatoms. The van der Waals surface area contributed by atoms with Crippen LogP contribution in [0.5, 0.6) is 0 Å². The van der Waals surface area contributed by atoms with Gasteiger partial charge in [-0.1, -0.05) is 18.2 Å². The number of benzene rings is 1.